The molecule has 0 aliphatic carbocycles. The molecule has 0 spiro atoms. The molecular formula is C14H16O2S. The largest absolute Gasteiger partial charge is 0.298 e. The summed E-state index contributed by atoms with van der Waals surface area (Å²) in [4.78, 5) is 21.3. The lowest BCUT2D eigenvalue weighted by Crippen LogP contribution is -1.86. The Morgan fingerprint density at radius 3 is 2.76 bits per heavy atom. The molecule has 0 aliphatic rings. The second kappa shape index (κ2) is 7.07. The first-order valence-corrected chi connectivity index (χ1v) is 6.48. The van der Waals surface area contributed by atoms with Crippen LogP contribution in [0.25, 0.3) is 6.08 Å². The van der Waals surface area contributed by atoms with Crippen LogP contribution in [-0.2, 0) is 4.79 Å². The molecule has 0 aromatic heterocycles. The standard InChI is InChI=1S/C14H16O2S/c1-11-9-13(10-15)6-7-14(11)5-3-4-8-17-12(2)16/h3,5-7,9-10H,4,8H2,1-2H3. The number of aldehydes is 1. The summed E-state index contributed by atoms with van der Waals surface area (Å²) in [6.07, 6.45) is 5.81. The van der Waals surface area contributed by atoms with Crippen molar-refractivity contribution >= 4 is 29.2 Å². The number of allylic oxidation sites excluding steroid dienone is 1. The number of hydrogen-bond donors (Lipinski definition) is 0. The Bertz CT molecular complexity index is 436. The molecule has 0 fully saturated rings. The minimum atomic E-state index is 0.157. The van der Waals surface area contributed by atoms with Gasteiger partial charge < -0.3 is 0 Å². The molecule has 1 aromatic rings. The average molecular weight is 248 g/mol. The van der Waals surface area contributed by atoms with Crippen LogP contribution in [0.5, 0.6) is 0 Å². The van der Waals surface area contributed by atoms with E-state index in [-0.39, 0.29) is 5.12 Å². The van der Waals surface area contributed by atoms with Gasteiger partial charge in [-0.2, -0.15) is 0 Å². The molecule has 90 valence electrons. The van der Waals surface area contributed by atoms with Gasteiger partial charge in [-0.05, 0) is 30.5 Å². The van der Waals surface area contributed by atoms with E-state index in [9.17, 15) is 9.59 Å². The summed E-state index contributed by atoms with van der Waals surface area (Å²) in [7, 11) is 0. The normalized spacial score (nSPS) is 10.7. The second-order valence-electron chi connectivity index (χ2n) is 3.76. The van der Waals surface area contributed by atoms with E-state index in [1.54, 1.807) is 6.92 Å². The fourth-order valence-electron chi connectivity index (χ4n) is 1.44. The number of hydrogen-bond acceptors (Lipinski definition) is 3. The highest BCUT2D eigenvalue weighted by molar-refractivity contribution is 8.13. The molecular weight excluding hydrogens is 232 g/mol. The lowest BCUT2D eigenvalue weighted by molar-refractivity contribution is -0.109. The molecule has 0 saturated carbocycles. The van der Waals surface area contributed by atoms with Crippen LogP contribution in [0, 0.1) is 6.92 Å². The first kappa shape index (κ1) is 13.7. The monoisotopic (exact) mass is 248 g/mol. The van der Waals surface area contributed by atoms with Crippen molar-refractivity contribution in [1.29, 1.82) is 0 Å². The van der Waals surface area contributed by atoms with Crippen LogP contribution in [0.1, 0.15) is 34.8 Å². The lowest BCUT2D eigenvalue weighted by atomic mass is 10.1. The van der Waals surface area contributed by atoms with Gasteiger partial charge in [-0.3, -0.25) is 9.59 Å². The zero-order valence-corrected chi connectivity index (χ0v) is 10.9. The Labute approximate surface area is 106 Å². The lowest BCUT2D eigenvalue weighted by Gasteiger charge is -2.00. The van der Waals surface area contributed by atoms with Crippen LogP contribution in [-0.4, -0.2) is 17.2 Å². The first-order chi connectivity index (χ1) is 8.13. The predicted molar refractivity (Wildman–Crippen MR) is 73.4 cm³/mol. The molecule has 0 N–H and O–H groups in total. The summed E-state index contributed by atoms with van der Waals surface area (Å²) in [5.41, 5.74) is 2.90. The van der Waals surface area contributed by atoms with E-state index < -0.39 is 0 Å². The smallest absolute Gasteiger partial charge is 0.185 e. The zero-order valence-electron chi connectivity index (χ0n) is 10.1. The highest BCUT2D eigenvalue weighted by atomic mass is 32.2. The summed E-state index contributed by atoms with van der Waals surface area (Å²) < 4.78 is 0. The number of thioether (sulfide) groups is 1. The molecule has 0 saturated heterocycles. The molecule has 0 heterocycles. The maximum Gasteiger partial charge on any atom is 0.185 e. The van der Waals surface area contributed by atoms with Crippen molar-refractivity contribution < 1.29 is 9.59 Å². The van der Waals surface area contributed by atoms with Gasteiger partial charge in [-0.1, -0.05) is 36.0 Å². The van der Waals surface area contributed by atoms with Crippen molar-refractivity contribution in [1.82, 2.24) is 0 Å². The fraction of sp³-hybridized carbons (Fsp3) is 0.286. The highest BCUT2D eigenvalue weighted by Gasteiger charge is 1.96. The van der Waals surface area contributed by atoms with Crippen molar-refractivity contribution in [2.75, 3.05) is 5.75 Å². The molecule has 0 aliphatic heterocycles. The third kappa shape index (κ3) is 5.00. The van der Waals surface area contributed by atoms with E-state index in [0.29, 0.717) is 5.56 Å². The molecule has 17 heavy (non-hydrogen) atoms. The summed E-state index contributed by atoms with van der Waals surface area (Å²) in [6.45, 7) is 3.56. The minimum absolute atomic E-state index is 0.157. The fourth-order valence-corrected chi connectivity index (χ4v) is 1.98. The SMILES string of the molecule is CC(=O)SCCC=Cc1ccc(C=O)cc1C. The Morgan fingerprint density at radius 1 is 1.41 bits per heavy atom. The Morgan fingerprint density at radius 2 is 2.18 bits per heavy atom. The topological polar surface area (TPSA) is 34.1 Å². The molecule has 0 radical (unpaired) electrons. The highest BCUT2D eigenvalue weighted by Crippen LogP contribution is 2.13. The van der Waals surface area contributed by atoms with E-state index >= 15 is 0 Å². The van der Waals surface area contributed by atoms with E-state index in [1.807, 2.05) is 31.2 Å². The quantitative estimate of drug-likeness (QED) is 0.591. The van der Waals surface area contributed by atoms with E-state index in [1.165, 1.54) is 11.8 Å². The predicted octanol–water partition coefficient (Wildman–Crippen LogP) is 3.49. The van der Waals surface area contributed by atoms with Crippen molar-refractivity contribution in [2.24, 2.45) is 0 Å². The second-order valence-corrected chi connectivity index (χ2v) is 5.04. The van der Waals surface area contributed by atoms with Crippen molar-refractivity contribution in [3.63, 3.8) is 0 Å². The number of carbonyl (C=O) groups excluding carboxylic acids is 2. The van der Waals surface area contributed by atoms with Crippen molar-refractivity contribution in [2.45, 2.75) is 20.3 Å². The van der Waals surface area contributed by atoms with Gasteiger partial charge in [0.05, 0.1) is 0 Å². The summed E-state index contributed by atoms with van der Waals surface area (Å²) in [6, 6.07) is 5.62. The van der Waals surface area contributed by atoms with Gasteiger partial charge in [0, 0.05) is 18.2 Å². The van der Waals surface area contributed by atoms with Crippen LogP contribution in [0.15, 0.2) is 24.3 Å². The number of benzene rings is 1. The minimum Gasteiger partial charge on any atom is -0.298 e. The maximum atomic E-state index is 10.7. The van der Waals surface area contributed by atoms with Crippen LogP contribution < -0.4 is 0 Å². The van der Waals surface area contributed by atoms with Crippen molar-refractivity contribution in [3.05, 3.63) is 41.0 Å². The molecule has 0 bridgehead atoms. The Kier molecular flexibility index (Phi) is 5.70. The van der Waals surface area contributed by atoms with Crippen LogP contribution in [0.3, 0.4) is 0 Å². The van der Waals surface area contributed by atoms with Gasteiger partial charge in [0.15, 0.2) is 5.12 Å². The van der Waals surface area contributed by atoms with E-state index in [0.717, 1.165) is 29.6 Å². The third-order valence-electron chi connectivity index (χ3n) is 2.32. The number of aryl methyl sites for hydroxylation is 1. The third-order valence-corrected chi connectivity index (χ3v) is 3.16. The average Bonchev–Trinajstić information content (AvgIpc) is 2.30. The van der Waals surface area contributed by atoms with Gasteiger partial charge in [-0.25, -0.2) is 0 Å². The van der Waals surface area contributed by atoms with Gasteiger partial charge in [0.25, 0.3) is 0 Å². The van der Waals surface area contributed by atoms with Crippen LogP contribution in [0.2, 0.25) is 0 Å². The maximum absolute atomic E-state index is 10.7. The Hall–Kier alpha value is -1.35. The van der Waals surface area contributed by atoms with Crippen LogP contribution >= 0.6 is 11.8 Å². The molecule has 1 rings (SSSR count). The summed E-state index contributed by atoms with van der Waals surface area (Å²) in [5, 5.41) is 0.157. The molecule has 2 nitrogen and oxygen atoms in total. The van der Waals surface area contributed by atoms with Crippen LogP contribution in [0.4, 0.5) is 0 Å². The molecule has 3 heteroatoms. The van der Waals surface area contributed by atoms with Gasteiger partial charge in [0.2, 0.25) is 0 Å². The molecule has 0 atom stereocenters. The molecule has 1 aromatic carbocycles. The van der Waals surface area contributed by atoms with Gasteiger partial charge in [-0.15, -0.1) is 0 Å². The van der Waals surface area contributed by atoms with Crippen molar-refractivity contribution in [3.8, 4) is 0 Å². The first-order valence-electron chi connectivity index (χ1n) is 5.49. The number of carbonyl (C=O) groups is 2. The summed E-state index contributed by atoms with van der Waals surface area (Å²) >= 11 is 1.34. The number of rotatable bonds is 5. The van der Waals surface area contributed by atoms with Gasteiger partial charge >= 0.3 is 0 Å². The zero-order chi connectivity index (χ0) is 12.7. The Balaban J connectivity index is 2.53. The van der Waals surface area contributed by atoms with E-state index in [4.69, 9.17) is 0 Å². The van der Waals surface area contributed by atoms with E-state index in [2.05, 4.69) is 6.08 Å². The van der Waals surface area contributed by atoms with Gasteiger partial charge in [0.1, 0.15) is 6.29 Å². The molecule has 0 amide bonds. The summed E-state index contributed by atoms with van der Waals surface area (Å²) in [5.74, 6) is 0.817. The molecule has 0 unspecified atom stereocenters.